The quantitative estimate of drug-likeness (QED) is 0.708. The SMILES string of the molecule is C=CC(=O)NC1CCCN(S(=O)(=O)c2ccc(-c3cc(C(F)(F)F)on3)s2)CC1. The van der Waals surface area contributed by atoms with Gasteiger partial charge in [0, 0.05) is 25.2 Å². The number of rotatable bonds is 5. The number of alkyl halides is 3. The molecule has 1 aliphatic heterocycles. The van der Waals surface area contributed by atoms with Crippen LogP contribution in [-0.2, 0) is 21.0 Å². The zero-order valence-corrected chi connectivity index (χ0v) is 16.7. The maximum atomic E-state index is 12.9. The summed E-state index contributed by atoms with van der Waals surface area (Å²) < 4.78 is 69.5. The Morgan fingerprint density at radius 2 is 2.10 bits per heavy atom. The number of hydrogen-bond donors (Lipinski definition) is 1. The summed E-state index contributed by atoms with van der Waals surface area (Å²) in [5, 5.41) is 6.15. The van der Waals surface area contributed by atoms with E-state index in [2.05, 4.69) is 21.6 Å². The molecule has 0 spiro atoms. The van der Waals surface area contributed by atoms with Crippen molar-refractivity contribution < 1.29 is 30.9 Å². The monoisotopic (exact) mass is 449 g/mol. The lowest BCUT2D eigenvalue weighted by Gasteiger charge is -2.19. The van der Waals surface area contributed by atoms with Crippen LogP contribution >= 0.6 is 11.3 Å². The van der Waals surface area contributed by atoms with E-state index in [1.807, 2.05) is 0 Å². The Labute approximate surface area is 169 Å². The second-order valence-corrected chi connectivity index (χ2v) is 9.69. The summed E-state index contributed by atoms with van der Waals surface area (Å²) in [5.74, 6) is -1.55. The zero-order valence-electron chi connectivity index (χ0n) is 15.1. The van der Waals surface area contributed by atoms with Gasteiger partial charge in [0.25, 0.3) is 10.0 Å². The molecular weight excluding hydrogens is 431 g/mol. The number of hydrogen-bond acceptors (Lipinski definition) is 6. The van der Waals surface area contributed by atoms with Crippen LogP contribution in [0.2, 0.25) is 0 Å². The molecule has 0 saturated carbocycles. The van der Waals surface area contributed by atoms with Crippen molar-refractivity contribution in [2.24, 2.45) is 0 Å². The Kier molecular flexibility index (Phi) is 6.15. The van der Waals surface area contributed by atoms with Gasteiger partial charge in [0.05, 0.1) is 4.88 Å². The number of carbonyl (C=O) groups excluding carboxylic acids is 1. The van der Waals surface area contributed by atoms with Crippen molar-refractivity contribution in [1.29, 1.82) is 0 Å². The zero-order chi connectivity index (χ0) is 21.2. The maximum Gasteiger partial charge on any atom is 0.452 e. The smallest absolute Gasteiger partial charge is 0.351 e. The minimum absolute atomic E-state index is 0.0117. The third-order valence-electron chi connectivity index (χ3n) is 4.44. The molecule has 1 amide bonds. The van der Waals surface area contributed by atoms with Crippen molar-refractivity contribution in [1.82, 2.24) is 14.8 Å². The maximum absolute atomic E-state index is 12.9. The fourth-order valence-corrected chi connectivity index (χ4v) is 5.87. The van der Waals surface area contributed by atoms with Crippen molar-refractivity contribution in [3.05, 3.63) is 36.6 Å². The van der Waals surface area contributed by atoms with Crippen LogP contribution in [0.25, 0.3) is 10.6 Å². The molecule has 1 atom stereocenters. The van der Waals surface area contributed by atoms with Gasteiger partial charge in [-0.05, 0) is 37.5 Å². The van der Waals surface area contributed by atoms with E-state index in [0.717, 1.165) is 17.4 Å². The topological polar surface area (TPSA) is 92.5 Å². The highest BCUT2D eigenvalue weighted by atomic mass is 32.2. The molecule has 1 aliphatic rings. The highest BCUT2D eigenvalue weighted by molar-refractivity contribution is 7.91. The molecule has 12 heteroatoms. The van der Waals surface area contributed by atoms with Crippen LogP contribution in [0.4, 0.5) is 13.2 Å². The molecule has 0 aliphatic carbocycles. The molecule has 0 aromatic carbocycles. The Morgan fingerprint density at radius 3 is 2.76 bits per heavy atom. The number of carbonyl (C=O) groups is 1. The second kappa shape index (κ2) is 8.28. The van der Waals surface area contributed by atoms with Gasteiger partial charge < -0.3 is 9.84 Å². The first kappa shape index (κ1) is 21.5. The third kappa shape index (κ3) is 4.87. The summed E-state index contributed by atoms with van der Waals surface area (Å²) in [7, 11) is -3.81. The van der Waals surface area contributed by atoms with Gasteiger partial charge in [0.15, 0.2) is 0 Å². The predicted octanol–water partition coefficient (Wildman–Crippen LogP) is 3.27. The van der Waals surface area contributed by atoms with Gasteiger partial charge >= 0.3 is 6.18 Å². The Hall–Kier alpha value is -2.18. The predicted molar refractivity (Wildman–Crippen MR) is 99.6 cm³/mol. The van der Waals surface area contributed by atoms with E-state index < -0.39 is 22.0 Å². The van der Waals surface area contributed by atoms with E-state index >= 15 is 0 Å². The van der Waals surface area contributed by atoms with Gasteiger partial charge in [-0.3, -0.25) is 4.79 Å². The van der Waals surface area contributed by atoms with Crippen LogP contribution in [-0.4, -0.2) is 42.9 Å². The van der Waals surface area contributed by atoms with E-state index in [9.17, 15) is 26.4 Å². The summed E-state index contributed by atoms with van der Waals surface area (Å²) in [6.07, 6.45) is -1.84. The first-order valence-electron chi connectivity index (χ1n) is 8.68. The largest absolute Gasteiger partial charge is 0.452 e. The van der Waals surface area contributed by atoms with Crippen molar-refractivity contribution in [2.45, 2.75) is 35.7 Å². The number of thiophene rings is 1. The number of nitrogens with one attached hydrogen (secondary N) is 1. The van der Waals surface area contributed by atoms with Gasteiger partial charge in [-0.1, -0.05) is 11.7 Å². The lowest BCUT2D eigenvalue weighted by molar-refractivity contribution is -0.155. The molecule has 1 fully saturated rings. The van der Waals surface area contributed by atoms with Crippen molar-refractivity contribution >= 4 is 27.3 Å². The lowest BCUT2D eigenvalue weighted by atomic mass is 10.1. The molecule has 1 N–H and O–H groups in total. The number of amides is 1. The Bertz CT molecular complexity index is 998. The molecule has 0 radical (unpaired) electrons. The fraction of sp³-hybridized carbons (Fsp3) is 0.412. The first-order valence-corrected chi connectivity index (χ1v) is 10.9. The molecule has 7 nitrogen and oxygen atoms in total. The summed E-state index contributed by atoms with van der Waals surface area (Å²) in [5.41, 5.74) is -0.0770. The minimum Gasteiger partial charge on any atom is -0.351 e. The van der Waals surface area contributed by atoms with E-state index in [-0.39, 0.29) is 39.8 Å². The number of sulfonamides is 1. The highest BCUT2D eigenvalue weighted by Gasteiger charge is 2.36. The molecule has 0 bridgehead atoms. The first-order chi connectivity index (χ1) is 13.6. The van der Waals surface area contributed by atoms with E-state index in [1.54, 1.807) is 0 Å². The Balaban J connectivity index is 1.74. The number of nitrogens with zero attached hydrogens (tertiary/aromatic N) is 2. The molecule has 2 aromatic heterocycles. The van der Waals surface area contributed by atoms with Crippen LogP contribution in [0.15, 0.2) is 39.6 Å². The fourth-order valence-electron chi connectivity index (χ4n) is 2.96. The van der Waals surface area contributed by atoms with E-state index in [4.69, 9.17) is 0 Å². The molecule has 29 heavy (non-hydrogen) atoms. The lowest BCUT2D eigenvalue weighted by Crippen LogP contribution is -2.35. The summed E-state index contributed by atoms with van der Waals surface area (Å²) in [6.45, 7) is 3.91. The van der Waals surface area contributed by atoms with Crippen molar-refractivity contribution in [3.8, 4) is 10.6 Å². The number of halogens is 3. The van der Waals surface area contributed by atoms with Gasteiger partial charge in [0.2, 0.25) is 11.7 Å². The average molecular weight is 449 g/mol. The van der Waals surface area contributed by atoms with Gasteiger partial charge in [-0.2, -0.15) is 17.5 Å². The Morgan fingerprint density at radius 1 is 1.34 bits per heavy atom. The van der Waals surface area contributed by atoms with Crippen molar-refractivity contribution in [2.75, 3.05) is 13.1 Å². The number of aromatic nitrogens is 1. The van der Waals surface area contributed by atoms with Crippen molar-refractivity contribution in [3.63, 3.8) is 0 Å². The standard InChI is InChI=1S/C17H18F3N3O4S2/c1-2-15(24)21-11-4-3-8-23(9-7-11)29(25,26)16-6-5-13(28-16)12-10-14(27-22-12)17(18,19)20/h2,5-6,10-11H,1,3-4,7-9H2,(H,21,24). The summed E-state index contributed by atoms with van der Waals surface area (Å²) >= 11 is 0.830. The molecule has 3 rings (SSSR count). The van der Waals surface area contributed by atoms with E-state index in [0.29, 0.717) is 19.3 Å². The summed E-state index contributed by atoms with van der Waals surface area (Å²) in [4.78, 5) is 11.7. The van der Waals surface area contributed by atoms with Gasteiger partial charge in [-0.15, -0.1) is 11.3 Å². The molecule has 1 unspecified atom stereocenters. The normalized spacial score (nSPS) is 18.9. The van der Waals surface area contributed by atoms with Crippen LogP contribution in [0.3, 0.4) is 0 Å². The highest BCUT2D eigenvalue weighted by Crippen LogP contribution is 2.36. The molecule has 1 saturated heterocycles. The van der Waals surface area contributed by atoms with Crippen LogP contribution in [0, 0.1) is 0 Å². The summed E-state index contributed by atoms with van der Waals surface area (Å²) in [6, 6.07) is 3.34. The minimum atomic E-state index is -4.67. The van der Waals surface area contributed by atoms with Crippen LogP contribution in [0.5, 0.6) is 0 Å². The molecule has 158 valence electrons. The molecule has 3 heterocycles. The van der Waals surface area contributed by atoms with Gasteiger partial charge in [-0.25, -0.2) is 8.42 Å². The van der Waals surface area contributed by atoms with Crippen LogP contribution in [0.1, 0.15) is 25.0 Å². The van der Waals surface area contributed by atoms with E-state index in [1.165, 1.54) is 22.5 Å². The molecule has 2 aromatic rings. The van der Waals surface area contributed by atoms with Gasteiger partial charge in [0.1, 0.15) is 9.90 Å². The van der Waals surface area contributed by atoms with Crippen LogP contribution < -0.4 is 5.32 Å². The second-order valence-electron chi connectivity index (χ2n) is 6.44. The average Bonchev–Trinajstić information content (AvgIpc) is 3.28. The third-order valence-corrected chi connectivity index (χ3v) is 7.91. The molecular formula is C17H18F3N3O4S2.